The second-order valence-corrected chi connectivity index (χ2v) is 3.98. The Morgan fingerprint density at radius 1 is 1.17 bits per heavy atom. The van der Waals surface area contributed by atoms with Gasteiger partial charge in [-0.25, -0.2) is 9.97 Å². The Hall–Kier alpha value is -2.17. The Morgan fingerprint density at radius 2 is 2.11 bits per heavy atom. The average Bonchev–Trinajstić information content (AvgIpc) is 2.45. The zero-order chi connectivity index (χ0) is 12.6. The highest BCUT2D eigenvalue weighted by Gasteiger charge is 2.00. The molecule has 0 spiro atoms. The minimum Gasteiger partial charge on any atom is -0.369 e. The Morgan fingerprint density at radius 3 is 2.83 bits per heavy atom. The third-order valence-electron chi connectivity index (χ3n) is 2.58. The number of nitrogens with zero attached hydrogens (tertiary/aromatic N) is 4. The van der Waals surface area contributed by atoms with E-state index < -0.39 is 0 Å². The molecule has 0 aliphatic rings. The molecule has 2 heterocycles. The molecule has 2 rings (SSSR count). The van der Waals surface area contributed by atoms with Crippen LogP contribution in [0.1, 0.15) is 6.42 Å². The zero-order valence-electron chi connectivity index (χ0n) is 10.5. The minimum atomic E-state index is 0.818. The SMILES string of the molecule is CN(CCCNc1cnccn1)c1ccccn1. The van der Waals surface area contributed by atoms with Gasteiger partial charge in [-0.15, -0.1) is 0 Å². The van der Waals surface area contributed by atoms with Gasteiger partial charge in [0.15, 0.2) is 0 Å². The lowest BCUT2D eigenvalue weighted by molar-refractivity contribution is 0.803. The van der Waals surface area contributed by atoms with Crippen LogP contribution in [0.15, 0.2) is 43.0 Å². The fraction of sp³-hybridized carbons (Fsp3) is 0.308. The summed E-state index contributed by atoms with van der Waals surface area (Å²) in [6.45, 7) is 1.82. The molecule has 5 nitrogen and oxygen atoms in total. The highest BCUT2D eigenvalue weighted by molar-refractivity contribution is 5.36. The van der Waals surface area contributed by atoms with Crippen molar-refractivity contribution in [1.82, 2.24) is 15.0 Å². The van der Waals surface area contributed by atoms with Gasteiger partial charge in [-0.2, -0.15) is 0 Å². The van der Waals surface area contributed by atoms with Crippen molar-refractivity contribution in [3.8, 4) is 0 Å². The van der Waals surface area contributed by atoms with E-state index in [2.05, 4.69) is 25.2 Å². The van der Waals surface area contributed by atoms with Crippen LogP contribution in [-0.2, 0) is 0 Å². The molecule has 0 saturated heterocycles. The van der Waals surface area contributed by atoms with Crippen molar-refractivity contribution in [1.29, 1.82) is 0 Å². The highest BCUT2D eigenvalue weighted by Crippen LogP contribution is 2.06. The predicted octanol–water partition coefficient (Wildman–Crippen LogP) is 1.81. The fourth-order valence-electron chi connectivity index (χ4n) is 1.62. The monoisotopic (exact) mass is 243 g/mol. The van der Waals surface area contributed by atoms with E-state index in [0.717, 1.165) is 31.1 Å². The van der Waals surface area contributed by atoms with Crippen LogP contribution in [0, 0.1) is 0 Å². The first-order chi connectivity index (χ1) is 8.86. The summed E-state index contributed by atoms with van der Waals surface area (Å²) in [7, 11) is 2.05. The number of aromatic nitrogens is 3. The van der Waals surface area contributed by atoms with Crippen LogP contribution in [0.25, 0.3) is 0 Å². The summed E-state index contributed by atoms with van der Waals surface area (Å²) >= 11 is 0. The number of rotatable bonds is 6. The normalized spacial score (nSPS) is 10.1. The number of anilines is 2. The molecule has 0 unspecified atom stereocenters. The van der Waals surface area contributed by atoms with E-state index in [4.69, 9.17) is 0 Å². The standard InChI is InChI=1S/C13H17N5/c1-18(13-5-2-3-6-17-13)10-4-7-15-12-11-14-8-9-16-12/h2-3,5-6,8-9,11H,4,7,10H2,1H3,(H,15,16). The topological polar surface area (TPSA) is 53.9 Å². The summed E-state index contributed by atoms with van der Waals surface area (Å²) in [5.74, 6) is 1.81. The Bertz CT molecular complexity index is 445. The van der Waals surface area contributed by atoms with E-state index in [0.29, 0.717) is 0 Å². The number of hydrogen-bond donors (Lipinski definition) is 1. The molecule has 0 radical (unpaired) electrons. The molecule has 1 N–H and O–H groups in total. The van der Waals surface area contributed by atoms with Gasteiger partial charge in [0, 0.05) is 38.7 Å². The van der Waals surface area contributed by atoms with Crippen LogP contribution in [-0.4, -0.2) is 35.1 Å². The predicted molar refractivity (Wildman–Crippen MR) is 72.6 cm³/mol. The summed E-state index contributed by atoms with van der Waals surface area (Å²) in [6, 6.07) is 5.93. The molecule has 0 aromatic carbocycles. The van der Waals surface area contributed by atoms with Crippen molar-refractivity contribution in [3.63, 3.8) is 0 Å². The number of hydrogen-bond acceptors (Lipinski definition) is 5. The maximum absolute atomic E-state index is 4.30. The van der Waals surface area contributed by atoms with Crippen molar-refractivity contribution in [3.05, 3.63) is 43.0 Å². The zero-order valence-corrected chi connectivity index (χ0v) is 10.5. The molecule has 2 aromatic rings. The second-order valence-electron chi connectivity index (χ2n) is 3.98. The van der Waals surface area contributed by atoms with Gasteiger partial charge >= 0.3 is 0 Å². The van der Waals surface area contributed by atoms with Gasteiger partial charge in [-0.1, -0.05) is 6.07 Å². The fourth-order valence-corrected chi connectivity index (χ4v) is 1.62. The van der Waals surface area contributed by atoms with Gasteiger partial charge in [0.05, 0.1) is 6.20 Å². The van der Waals surface area contributed by atoms with Gasteiger partial charge in [0.2, 0.25) is 0 Å². The van der Waals surface area contributed by atoms with Crippen LogP contribution in [0.3, 0.4) is 0 Å². The summed E-state index contributed by atoms with van der Waals surface area (Å²) in [4.78, 5) is 14.6. The molecule has 0 atom stereocenters. The van der Waals surface area contributed by atoms with Crippen molar-refractivity contribution in [2.45, 2.75) is 6.42 Å². The van der Waals surface area contributed by atoms with E-state index in [-0.39, 0.29) is 0 Å². The van der Waals surface area contributed by atoms with Crippen LogP contribution in [0.5, 0.6) is 0 Å². The summed E-state index contributed by atoms with van der Waals surface area (Å²) in [5.41, 5.74) is 0. The van der Waals surface area contributed by atoms with Crippen LogP contribution >= 0.6 is 0 Å². The third-order valence-corrected chi connectivity index (χ3v) is 2.58. The Balaban J connectivity index is 1.70. The van der Waals surface area contributed by atoms with Gasteiger partial charge in [-0.3, -0.25) is 4.98 Å². The molecular formula is C13H17N5. The largest absolute Gasteiger partial charge is 0.369 e. The molecule has 5 heteroatoms. The van der Waals surface area contributed by atoms with Gasteiger partial charge in [-0.05, 0) is 18.6 Å². The minimum absolute atomic E-state index is 0.818. The lowest BCUT2D eigenvalue weighted by atomic mass is 10.3. The second kappa shape index (κ2) is 6.54. The summed E-state index contributed by atoms with van der Waals surface area (Å²) < 4.78 is 0. The first kappa shape index (κ1) is 12.3. The summed E-state index contributed by atoms with van der Waals surface area (Å²) in [6.07, 6.45) is 7.90. The summed E-state index contributed by atoms with van der Waals surface area (Å²) in [5, 5.41) is 3.23. The molecule has 0 amide bonds. The molecule has 0 aliphatic heterocycles. The molecular weight excluding hydrogens is 226 g/mol. The molecule has 0 fully saturated rings. The molecule has 0 aliphatic carbocycles. The van der Waals surface area contributed by atoms with E-state index in [1.54, 1.807) is 18.6 Å². The maximum atomic E-state index is 4.30. The van der Waals surface area contributed by atoms with Crippen molar-refractivity contribution in [2.24, 2.45) is 0 Å². The van der Waals surface area contributed by atoms with E-state index in [9.17, 15) is 0 Å². The molecule has 2 aromatic heterocycles. The van der Waals surface area contributed by atoms with Gasteiger partial charge in [0.25, 0.3) is 0 Å². The molecule has 0 saturated carbocycles. The van der Waals surface area contributed by atoms with Crippen molar-refractivity contribution in [2.75, 3.05) is 30.4 Å². The Kier molecular flexibility index (Phi) is 4.46. The molecule has 0 bridgehead atoms. The quantitative estimate of drug-likeness (QED) is 0.784. The van der Waals surface area contributed by atoms with E-state index in [1.165, 1.54) is 0 Å². The number of nitrogens with one attached hydrogen (secondary N) is 1. The van der Waals surface area contributed by atoms with Crippen molar-refractivity contribution < 1.29 is 0 Å². The lowest BCUT2D eigenvalue weighted by Crippen LogP contribution is -2.21. The van der Waals surface area contributed by atoms with Crippen LogP contribution < -0.4 is 10.2 Å². The van der Waals surface area contributed by atoms with E-state index >= 15 is 0 Å². The highest BCUT2D eigenvalue weighted by atomic mass is 15.2. The third kappa shape index (κ3) is 3.69. The molecule has 94 valence electrons. The average molecular weight is 243 g/mol. The first-order valence-electron chi connectivity index (χ1n) is 5.98. The van der Waals surface area contributed by atoms with Gasteiger partial charge in [0.1, 0.15) is 11.6 Å². The van der Waals surface area contributed by atoms with Gasteiger partial charge < -0.3 is 10.2 Å². The molecule has 18 heavy (non-hydrogen) atoms. The lowest BCUT2D eigenvalue weighted by Gasteiger charge is -2.17. The maximum Gasteiger partial charge on any atom is 0.144 e. The smallest absolute Gasteiger partial charge is 0.144 e. The first-order valence-corrected chi connectivity index (χ1v) is 5.98. The van der Waals surface area contributed by atoms with E-state index in [1.807, 2.05) is 31.4 Å². The Labute approximate surface area is 107 Å². The number of pyridine rings is 1. The van der Waals surface area contributed by atoms with Crippen LogP contribution in [0.2, 0.25) is 0 Å². The van der Waals surface area contributed by atoms with Crippen LogP contribution in [0.4, 0.5) is 11.6 Å². The van der Waals surface area contributed by atoms with Crippen molar-refractivity contribution >= 4 is 11.6 Å².